The van der Waals surface area contributed by atoms with Gasteiger partial charge in [0.25, 0.3) is 10.0 Å². The van der Waals surface area contributed by atoms with Crippen molar-refractivity contribution in [3.8, 4) is 11.1 Å². The number of anilines is 1. The predicted octanol–water partition coefficient (Wildman–Crippen LogP) is 2.89. The van der Waals surface area contributed by atoms with Crippen LogP contribution in [0.3, 0.4) is 0 Å². The average Bonchev–Trinajstić information content (AvgIpc) is 3.53. The lowest BCUT2D eigenvalue weighted by atomic mass is 9.93. The van der Waals surface area contributed by atoms with Gasteiger partial charge >= 0.3 is 6.03 Å². The third-order valence-corrected chi connectivity index (χ3v) is 7.32. The van der Waals surface area contributed by atoms with Gasteiger partial charge in [-0.3, -0.25) is 4.68 Å². The quantitative estimate of drug-likeness (QED) is 0.378. The Morgan fingerprint density at radius 3 is 2.83 bits per heavy atom. The van der Waals surface area contributed by atoms with Gasteiger partial charge in [-0.05, 0) is 79.6 Å². The van der Waals surface area contributed by atoms with Crippen LogP contribution in [0, 0.1) is 6.92 Å². The van der Waals surface area contributed by atoms with Gasteiger partial charge in [0.05, 0.1) is 23.9 Å². The number of rotatable bonds is 6. The van der Waals surface area contributed by atoms with Crippen LogP contribution in [0.15, 0.2) is 53.9 Å². The largest absolute Gasteiger partial charge is 0.391 e. The maximum absolute atomic E-state index is 13.0. The van der Waals surface area contributed by atoms with E-state index in [9.17, 15) is 18.3 Å². The fourth-order valence-electron chi connectivity index (χ4n) is 4.65. The van der Waals surface area contributed by atoms with Gasteiger partial charge in [-0.15, -0.1) is 0 Å². The maximum Gasteiger partial charge on any atom is 0.333 e. The smallest absolute Gasteiger partial charge is 0.333 e. The minimum atomic E-state index is -4.20. The van der Waals surface area contributed by atoms with E-state index in [4.69, 9.17) is 0 Å². The molecule has 0 spiro atoms. The first kappa shape index (κ1) is 23.1. The molecule has 0 fully saturated rings. The molecule has 0 saturated heterocycles. The van der Waals surface area contributed by atoms with Crippen molar-refractivity contribution < 1.29 is 18.3 Å². The lowest BCUT2D eigenvalue weighted by molar-refractivity contribution is 0.168. The highest BCUT2D eigenvalue weighted by Crippen LogP contribution is 2.40. The molecule has 4 aromatic rings. The molecule has 0 unspecified atom stereocenters. The average molecular weight is 495 g/mol. The van der Waals surface area contributed by atoms with Crippen molar-refractivity contribution in [3.05, 3.63) is 65.6 Å². The van der Waals surface area contributed by atoms with Crippen LogP contribution in [0.1, 0.15) is 30.0 Å². The second-order valence-corrected chi connectivity index (χ2v) is 10.5. The van der Waals surface area contributed by atoms with Gasteiger partial charge < -0.3 is 10.4 Å². The first-order valence-corrected chi connectivity index (χ1v) is 12.8. The van der Waals surface area contributed by atoms with Crippen LogP contribution >= 0.6 is 0 Å². The number of fused-ring (bicyclic) bond motifs is 2. The van der Waals surface area contributed by atoms with Crippen molar-refractivity contribution in [2.75, 3.05) is 5.32 Å². The summed E-state index contributed by atoms with van der Waals surface area (Å²) in [5, 5.41) is 20.2. The molecule has 11 heteroatoms. The Hall–Kier alpha value is -3.70. The standard InChI is InChI=1S/C24H26N6O4S/c1-15-12-17-4-3-5-20(17)23(22(15)18-7-11-30-19(13-18)6-9-25-30)26-24(32)28-35(33,34)21-8-10-29(27-21)14-16(2)31/h6-13,16,31H,3-5,14H2,1-2H3,(H2,26,28,32)/t16-/m1/s1. The SMILES string of the molecule is Cc1cc2c(c(NC(=O)NS(=O)(=O)c3ccn(C[C@@H](C)O)n3)c1-c1ccn3nccc3c1)CCC2. The van der Waals surface area contributed by atoms with E-state index in [0.717, 1.165) is 52.6 Å². The number of aromatic nitrogens is 4. The summed E-state index contributed by atoms with van der Waals surface area (Å²) in [5.41, 5.74) is 6.45. The van der Waals surface area contributed by atoms with Crippen molar-refractivity contribution in [1.29, 1.82) is 0 Å². The Kier molecular flexibility index (Phi) is 5.81. The molecule has 3 aromatic heterocycles. The molecule has 10 nitrogen and oxygen atoms in total. The molecule has 1 aliphatic rings. The zero-order chi connectivity index (χ0) is 24.7. The number of aliphatic hydroxyl groups excluding tert-OH is 1. The molecule has 1 aromatic carbocycles. The summed E-state index contributed by atoms with van der Waals surface area (Å²) >= 11 is 0. The maximum atomic E-state index is 13.0. The number of hydrogen-bond donors (Lipinski definition) is 3. The summed E-state index contributed by atoms with van der Waals surface area (Å²) in [6.45, 7) is 3.70. The number of benzene rings is 1. The Morgan fingerprint density at radius 2 is 2.03 bits per heavy atom. The summed E-state index contributed by atoms with van der Waals surface area (Å²) in [6.07, 6.45) is 7.00. The molecular weight excluding hydrogens is 468 g/mol. The summed E-state index contributed by atoms with van der Waals surface area (Å²) in [5.74, 6) is 0. The Balaban J connectivity index is 1.47. The molecule has 2 amide bonds. The van der Waals surface area contributed by atoms with Crippen LogP contribution in [0.25, 0.3) is 16.6 Å². The number of sulfonamides is 1. The zero-order valence-electron chi connectivity index (χ0n) is 19.4. The molecule has 0 saturated carbocycles. The van der Waals surface area contributed by atoms with Gasteiger partial charge in [0.15, 0.2) is 5.03 Å². The van der Waals surface area contributed by atoms with Crippen molar-refractivity contribution in [2.45, 2.75) is 50.8 Å². The zero-order valence-corrected chi connectivity index (χ0v) is 20.2. The first-order valence-electron chi connectivity index (χ1n) is 11.4. The first-order chi connectivity index (χ1) is 16.7. The molecule has 1 atom stereocenters. The molecule has 5 rings (SSSR count). The lowest BCUT2D eigenvalue weighted by Crippen LogP contribution is -2.35. The lowest BCUT2D eigenvalue weighted by Gasteiger charge is -2.19. The summed E-state index contributed by atoms with van der Waals surface area (Å²) in [6, 6.07) is 8.39. The topological polar surface area (TPSA) is 131 Å². The number of nitrogens with one attached hydrogen (secondary N) is 2. The van der Waals surface area contributed by atoms with Crippen LogP contribution in [-0.2, 0) is 29.4 Å². The number of carbonyl (C=O) groups excluding carboxylic acids is 1. The van der Waals surface area contributed by atoms with Crippen molar-refractivity contribution in [2.24, 2.45) is 0 Å². The van der Waals surface area contributed by atoms with Gasteiger partial charge in [0.2, 0.25) is 0 Å². The van der Waals surface area contributed by atoms with Gasteiger partial charge in [-0.1, -0.05) is 6.07 Å². The van der Waals surface area contributed by atoms with E-state index in [-0.39, 0.29) is 11.6 Å². The van der Waals surface area contributed by atoms with E-state index in [1.807, 2.05) is 31.3 Å². The number of pyridine rings is 1. The molecule has 0 aliphatic heterocycles. The number of aliphatic hydroxyl groups is 1. The number of amides is 2. The van der Waals surface area contributed by atoms with Crippen LogP contribution < -0.4 is 10.0 Å². The third kappa shape index (κ3) is 4.52. The van der Waals surface area contributed by atoms with Crippen LogP contribution in [0.4, 0.5) is 10.5 Å². The van der Waals surface area contributed by atoms with Crippen molar-refractivity contribution in [1.82, 2.24) is 24.1 Å². The van der Waals surface area contributed by atoms with Crippen LogP contribution in [-0.4, -0.2) is 45.1 Å². The summed E-state index contributed by atoms with van der Waals surface area (Å²) < 4.78 is 30.7. The molecular formula is C24H26N6O4S. The van der Waals surface area contributed by atoms with Gasteiger partial charge in [0.1, 0.15) is 0 Å². The number of urea groups is 1. The fraction of sp³-hybridized carbons (Fsp3) is 0.292. The highest BCUT2D eigenvalue weighted by Gasteiger charge is 2.25. The number of nitrogens with zero attached hydrogens (tertiary/aromatic N) is 4. The molecule has 3 heterocycles. The van der Waals surface area contributed by atoms with Gasteiger partial charge in [0, 0.05) is 24.2 Å². The fourth-order valence-corrected chi connectivity index (χ4v) is 5.50. The Bertz CT molecular complexity index is 1540. The monoisotopic (exact) mass is 494 g/mol. The highest BCUT2D eigenvalue weighted by atomic mass is 32.2. The minimum Gasteiger partial charge on any atom is -0.391 e. The highest BCUT2D eigenvalue weighted by molar-refractivity contribution is 7.90. The van der Waals surface area contributed by atoms with Crippen molar-refractivity contribution in [3.63, 3.8) is 0 Å². The van der Waals surface area contributed by atoms with E-state index >= 15 is 0 Å². The van der Waals surface area contributed by atoms with E-state index in [1.54, 1.807) is 17.6 Å². The predicted molar refractivity (Wildman–Crippen MR) is 131 cm³/mol. The van der Waals surface area contributed by atoms with E-state index in [2.05, 4.69) is 26.3 Å². The Morgan fingerprint density at radius 1 is 1.20 bits per heavy atom. The normalized spacial score (nSPS) is 14.1. The molecule has 182 valence electrons. The van der Waals surface area contributed by atoms with E-state index in [0.29, 0.717) is 5.69 Å². The van der Waals surface area contributed by atoms with Crippen LogP contribution in [0.2, 0.25) is 0 Å². The number of carbonyl (C=O) groups is 1. The molecule has 1 aliphatic carbocycles. The minimum absolute atomic E-state index is 0.141. The number of aryl methyl sites for hydroxylation is 2. The molecule has 35 heavy (non-hydrogen) atoms. The van der Waals surface area contributed by atoms with E-state index < -0.39 is 22.2 Å². The van der Waals surface area contributed by atoms with Crippen LogP contribution in [0.5, 0.6) is 0 Å². The summed E-state index contributed by atoms with van der Waals surface area (Å²) in [4.78, 5) is 13.0. The van der Waals surface area contributed by atoms with Crippen molar-refractivity contribution >= 4 is 27.3 Å². The Labute approximate surface area is 202 Å². The molecule has 0 bridgehead atoms. The van der Waals surface area contributed by atoms with E-state index in [1.165, 1.54) is 16.9 Å². The number of hydrogen-bond acceptors (Lipinski definition) is 6. The third-order valence-electron chi connectivity index (χ3n) is 6.09. The molecule has 0 radical (unpaired) electrons. The second kappa shape index (κ2) is 8.82. The van der Waals surface area contributed by atoms with Gasteiger partial charge in [-0.25, -0.2) is 14.0 Å². The summed E-state index contributed by atoms with van der Waals surface area (Å²) in [7, 11) is -4.20. The second-order valence-electron chi connectivity index (χ2n) is 8.84. The van der Waals surface area contributed by atoms with Gasteiger partial charge in [-0.2, -0.15) is 18.6 Å². The molecule has 3 N–H and O–H groups in total.